The Labute approximate surface area is 138 Å². The molecule has 23 heavy (non-hydrogen) atoms. The maximum Gasteiger partial charge on any atom is 0.316 e. The van der Waals surface area contributed by atoms with Gasteiger partial charge in [0, 0.05) is 24.7 Å². The van der Waals surface area contributed by atoms with Crippen LogP contribution in [0, 0.1) is 0 Å². The van der Waals surface area contributed by atoms with Crippen molar-refractivity contribution in [1.29, 1.82) is 0 Å². The maximum absolute atomic E-state index is 12.3. The molecule has 2 rings (SSSR count). The van der Waals surface area contributed by atoms with E-state index in [-0.39, 0.29) is 5.91 Å². The molecule has 1 aromatic heterocycles. The van der Waals surface area contributed by atoms with Crippen molar-refractivity contribution in [2.45, 2.75) is 23.5 Å². The minimum atomic E-state index is -0.901. The number of carboxylic acid groups (broad SMARTS) is 1. The van der Waals surface area contributed by atoms with Crippen LogP contribution in [-0.2, 0) is 18.3 Å². The number of thioether (sulfide) groups is 1. The summed E-state index contributed by atoms with van der Waals surface area (Å²) < 4.78 is 1.72. The van der Waals surface area contributed by atoms with Crippen LogP contribution in [0.15, 0.2) is 41.6 Å². The average Bonchev–Trinajstić information content (AvgIpc) is 2.93. The quantitative estimate of drug-likeness (QED) is 0.757. The van der Waals surface area contributed by atoms with Crippen molar-refractivity contribution < 1.29 is 14.7 Å². The van der Waals surface area contributed by atoms with Gasteiger partial charge in [0.25, 0.3) is 5.91 Å². The third kappa shape index (κ3) is 4.85. The van der Waals surface area contributed by atoms with E-state index >= 15 is 0 Å². The number of benzene rings is 1. The second kappa shape index (κ2) is 7.82. The smallest absolute Gasteiger partial charge is 0.316 e. The van der Waals surface area contributed by atoms with Crippen LogP contribution in [-0.4, -0.2) is 38.6 Å². The molecule has 1 aromatic carbocycles. The summed E-state index contributed by atoms with van der Waals surface area (Å²) in [5.41, 5.74) is 1.55. The summed E-state index contributed by atoms with van der Waals surface area (Å²) in [6.45, 7) is 2.10. The first-order chi connectivity index (χ1) is 11.0. The molecule has 0 radical (unpaired) electrons. The number of hydrogen-bond donors (Lipinski definition) is 2. The zero-order chi connectivity index (χ0) is 16.8. The van der Waals surface area contributed by atoms with Crippen molar-refractivity contribution in [3.05, 3.63) is 47.8 Å². The number of amides is 1. The molecular formula is C16H19N3O3S. The Morgan fingerprint density at radius 2 is 2.13 bits per heavy atom. The molecule has 0 saturated carbocycles. The lowest BCUT2D eigenvalue weighted by Crippen LogP contribution is -2.26. The normalized spacial score (nSPS) is 11.9. The number of carboxylic acids is 1. The van der Waals surface area contributed by atoms with E-state index in [1.807, 2.05) is 13.2 Å². The van der Waals surface area contributed by atoms with Crippen molar-refractivity contribution >= 4 is 23.6 Å². The summed E-state index contributed by atoms with van der Waals surface area (Å²) in [4.78, 5) is 24.0. The van der Waals surface area contributed by atoms with Crippen molar-refractivity contribution in [2.24, 2.45) is 7.05 Å². The highest BCUT2D eigenvalue weighted by atomic mass is 32.2. The molecule has 0 aliphatic rings. The van der Waals surface area contributed by atoms with Gasteiger partial charge in [0.05, 0.1) is 11.8 Å². The SMILES string of the molecule is CC(Sc1ccccc1C(=O)NCCc1cnn(C)c1)C(=O)O. The number of aryl methyl sites for hydroxylation is 1. The van der Waals surface area contributed by atoms with Gasteiger partial charge in [0.1, 0.15) is 5.25 Å². The molecule has 0 aliphatic heterocycles. The number of aliphatic carboxylic acids is 1. The third-order valence-corrected chi connectivity index (χ3v) is 4.41. The molecule has 0 saturated heterocycles. The average molecular weight is 333 g/mol. The van der Waals surface area contributed by atoms with Crippen LogP contribution in [0.1, 0.15) is 22.8 Å². The van der Waals surface area contributed by atoms with E-state index in [1.54, 1.807) is 42.1 Å². The molecule has 0 aliphatic carbocycles. The number of hydrogen-bond acceptors (Lipinski definition) is 4. The molecular weight excluding hydrogens is 314 g/mol. The van der Waals surface area contributed by atoms with Crippen LogP contribution >= 0.6 is 11.8 Å². The third-order valence-electron chi connectivity index (χ3n) is 3.24. The van der Waals surface area contributed by atoms with Crippen molar-refractivity contribution in [2.75, 3.05) is 6.54 Å². The summed E-state index contributed by atoms with van der Waals surface area (Å²) in [6, 6.07) is 7.03. The van der Waals surface area contributed by atoms with Gasteiger partial charge in [0.15, 0.2) is 0 Å². The van der Waals surface area contributed by atoms with Gasteiger partial charge in [-0.05, 0) is 31.0 Å². The van der Waals surface area contributed by atoms with Crippen LogP contribution in [0.3, 0.4) is 0 Å². The number of nitrogens with zero attached hydrogens (tertiary/aromatic N) is 2. The topological polar surface area (TPSA) is 84.2 Å². The molecule has 0 spiro atoms. The largest absolute Gasteiger partial charge is 0.480 e. The van der Waals surface area contributed by atoms with Crippen LogP contribution < -0.4 is 5.32 Å². The van der Waals surface area contributed by atoms with Gasteiger partial charge in [-0.2, -0.15) is 5.10 Å². The van der Waals surface area contributed by atoms with Crippen LogP contribution in [0.4, 0.5) is 0 Å². The first kappa shape index (κ1) is 17.1. The predicted molar refractivity (Wildman–Crippen MR) is 88.6 cm³/mol. The van der Waals surface area contributed by atoms with E-state index in [9.17, 15) is 9.59 Å². The Balaban J connectivity index is 1.97. The summed E-state index contributed by atoms with van der Waals surface area (Å²) in [7, 11) is 1.85. The Hall–Kier alpha value is -2.28. The van der Waals surface area contributed by atoms with Crippen molar-refractivity contribution in [1.82, 2.24) is 15.1 Å². The first-order valence-electron chi connectivity index (χ1n) is 7.21. The Bertz CT molecular complexity index is 699. The van der Waals surface area contributed by atoms with Gasteiger partial charge in [-0.15, -0.1) is 11.8 Å². The molecule has 0 bridgehead atoms. The van der Waals surface area contributed by atoms with Crippen LogP contribution in [0.5, 0.6) is 0 Å². The second-order valence-electron chi connectivity index (χ2n) is 5.12. The standard InChI is InChI=1S/C16H19N3O3S/c1-11(16(21)22)23-14-6-4-3-5-13(14)15(20)17-8-7-12-9-18-19(2)10-12/h3-6,9-11H,7-8H2,1-2H3,(H,17,20)(H,21,22). The number of carbonyl (C=O) groups excluding carboxylic acids is 1. The summed E-state index contributed by atoms with van der Waals surface area (Å²) in [5.74, 6) is -1.10. The Kier molecular flexibility index (Phi) is 5.81. The van der Waals surface area contributed by atoms with E-state index in [2.05, 4.69) is 10.4 Å². The number of aromatic nitrogens is 2. The van der Waals surface area contributed by atoms with Gasteiger partial charge >= 0.3 is 5.97 Å². The van der Waals surface area contributed by atoms with E-state index in [1.165, 1.54) is 11.8 Å². The predicted octanol–water partition coefficient (Wildman–Crippen LogP) is 1.96. The van der Waals surface area contributed by atoms with E-state index in [0.717, 1.165) is 5.56 Å². The lowest BCUT2D eigenvalue weighted by atomic mass is 10.2. The monoisotopic (exact) mass is 333 g/mol. The lowest BCUT2D eigenvalue weighted by Gasteiger charge is -2.11. The molecule has 2 N–H and O–H groups in total. The van der Waals surface area contributed by atoms with Crippen molar-refractivity contribution in [3.8, 4) is 0 Å². The number of carbonyl (C=O) groups is 2. The molecule has 1 atom stereocenters. The fourth-order valence-electron chi connectivity index (χ4n) is 2.01. The molecule has 1 heterocycles. The molecule has 2 aromatic rings. The molecule has 1 unspecified atom stereocenters. The van der Waals surface area contributed by atoms with E-state index in [4.69, 9.17) is 5.11 Å². The Morgan fingerprint density at radius 1 is 1.39 bits per heavy atom. The van der Waals surface area contributed by atoms with Gasteiger partial charge < -0.3 is 10.4 Å². The van der Waals surface area contributed by atoms with Gasteiger partial charge in [0.2, 0.25) is 0 Å². The van der Waals surface area contributed by atoms with Crippen LogP contribution in [0.2, 0.25) is 0 Å². The van der Waals surface area contributed by atoms with Crippen molar-refractivity contribution in [3.63, 3.8) is 0 Å². The van der Waals surface area contributed by atoms with E-state index < -0.39 is 11.2 Å². The van der Waals surface area contributed by atoms with E-state index in [0.29, 0.717) is 23.4 Å². The zero-order valence-electron chi connectivity index (χ0n) is 13.0. The highest BCUT2D eigenvalue weighted by Gasteiger charge is 2.17. The fraction of sp³-hybridized carbons (Fsp3) is 0.312. The molecule has 0 fully saturated rings. The van der Waals surface area contributed by atoms with Gasteiger partial charge in [-0.3, -0.25) is 14.3 Å². The fourth-order valence-corrected chi connectivity index (χ4v) is 2.94. The second-order valence-corrected chi connectivity index (χ2v) is 6.51. The zero-order valence-corrected chi connectivity index (χ0v) is 13.8. The summed E-state index contributed by atoms with van der Waals surface area (Å²) in [5, 5.41) is 15.3. The Morgan fingerprint density at radius 3 is 2.78 bits per heavy atom. The summed E-state index contributed by atoms with van der Waals surface area (Å²) in [6.07, 6.45) is 4.37. The minimum absolute atomic E-state index is 0.199. The van der Waals surface area contributed by atoms with Crippen LogP contribution in [0.25, 0.3) is 0 Å². The highest BCUT2D eigenvalue weighted by molar-refractivity contribution is 8.00. The maximum atomic E-state index is 12.3. The highest BCUT2D eigenvalue weighted by Crippen LogP contribution is 2.26. The minimum Gasteiger partial charge on any atom is -0.480 e. The molecule has 1 amide bonds. The summed E-state index contributed by atoms with van der Waals surface area (Å²) >= 11 is 1.17. The van der Waals surface area contributed by atoms with Gasteiger partial charge in [-0.1, -0.05) is 12.1 Å². The number of rotatable bonds is 7. The first-order valence-corrected chi connectivity index (χ1v) is 8.09. The lowest BCUT2D eigenvalue weighted by molar-refractivity contribution is -0.136. The molecule has 6 nitrogen and oxygen atoms in total. The molecule has 7 heteroatoms. The van der Waals surface area contributed by atoms with Gasteiger partial charge in [-0.25, -0.2) is 0 Å². The number of nitrogens with one attached hydrogen (secondary N) is 1. The molecule has 122 valence electrons.